The molecule has 0 aromatic heterocycles. The third-order valence-electron chi connectivity index (χ3n) is 4.66. The molecule has 0 heterocycles. The standard InChI is InChI=1S/C14H20O/c15-14-7-3-6-12-8-10-4-1-2-5-11(10)9-13(12)14/h12-13H,1-9H2. The highest BCUT2D eigenvalue weighted by molar-refractivity contribution is 5.82. The summed E-state index contributed by atoms with van der Waals surface area (Å²) in [5.41, 5.74) is 3.43. The largest absolute Gasteiger partial charge is 0.299 e. The van der Waals surface area contributed by atoms with Gasteiger partial charge in [-0.05, 0) is 57.3 Å². The van der Waals surface area contributed by atoms with E-state index in [-0.39, 0.29) is 0 Å². The first-order chi connectivity index (χ1) is 7.34. The molecule has 3 aliphatic carbocycles. The number of Topliss-reactive ketones (excluding diaryl/α,β-unsaturated/α-hetero) is 1. The zero-order valence-corrected chi connectivity index (χ0v) is 9.43. The fraction of sp³-hybridized carbons (Fsp3) is 0.786. The molecule has 0 bridgehead atoms. The summed E-state index contributed by atoms with van der Waals surface area (Å²) in [7, 11) is 0. The number of fused-ring (bicyclic) bond motifs is 1. The molecule has 1 heteroatoms. The summed E-state index contributed by atoms with van der Waals surface area (Å²) in [5, 5.41) is 0. The second-order valence-electron chi connectivity index (χ2n) is 5.55. The number of rotatable bonds is 0. The van der Waals surface area contributed by atoms with Crippen LogP contribution in [0.5, 0.6) is 0 Å². The first-order valence-corrected chi connectivity index (χ1v) is 6.57. The van der Waals surface area contributed by atoms with Crippen LogP contribution in [0.4, 0.5) is 0 Å². The first-order valence-electron chi connectivity index (χ1n) is 6.57. The minimum Gasteiger partial charge on any atom is -0.299 e. The maximum Gasteiger partial charge on any atom is 0.136 e. The molecule has 1 nitrogen and oxygen atoms in total. The van der Waals surface area contributed by atoms with Crippen LogP contribution in [0.25, 0.3) is 0 Å². The van der Waals surface area contributed by atoms with E-state index >= 15 is 0 Å². The van der Waals surface area contributed by atoms with Gasteiger partial charge in [0.2, 0.25) is 0 Å². The van der Waals surface area contributed by atoms with Gasteiger partial charge in [0.25, 0.3) is 0 Å². The van der Waals surface area contributed by atoms with Gasteiger partial charge in [-0.2, -0.15) is 0 Å². The van der Waals surface area contributed by atoms with Gasteiger partial charge in [0.15, 0.2) is 0 Å². The van der Waals surface area contributed by atoms with Crippen molar-refractivity contribution in [1.82, 2.24) is 0 Å². The summed E-state index contributed by atoms with van der Waals surface area (Å²) in [4.78, 5) is 11.9. The number of carbonyl (C=O) groups excluding carboxylic acids is 1. The molecular formula is C14H20O. The molecule has 0 radical (unpaired) electrons. The molecule has 15 heavy (non-hydrogen) atoms. The SMILES string of the molecule is O=C1CCCC2CC3=C(CCCC3)CC12. The molecule has 0 aromatic carbocycles. The van der Waals surface area contributed by atoms with Crippen LogP contribution in [0.2, 0.25) is 0 Å². The monoisotopic (exact) mass is 204 g/mol. The van der Waals surface area contributed by atoms with Crippen molar-refractivity contribution in [3.05, 3.63) is 11.1 Å². The fourth-order valence-corrected chi connectivity index (χ4v) is 3.82. The minimum atomic E-state index is 0.426. The Labute approximate surface area is 91.9 Å². The van der Waals surface area contributed by atoms with Crippen molar-refractivity contribution >= 4 is 5.78 Å². The predicted octanol–water partition coefficient (Wildman–Crippen LogP) is 3.64. The van der Waals surface area contributed by atoms with Crippen LogP contribution in [0.1, 0.15) is 57.8 Å². The molecule has 1 saturated carbocycles. The van der Waals surface area contributed by atoms with Crippen molar-refractivity contribution in [3.8, 4) is 0 Å². The van der Waals surface area contributed by atoms with E-state index in [0.29, 0.717) is 11.7 Å². The Morgan fingerprint density at radius 3 is 2.40 bits per heavy atom. The topological polar surface area (TPSA) is 17.1 Å². The van der Waals surface area contributed by atoms with Crippen molar-refractivity contribution in [2.24, 2.45) is 11.8 Å². The third-order valence-corrected chi connectivity index (χ3v) is 4.66. The molecule has 0 N–H and O–H groups in total. The lowest BCUT2D eigenvalue weighted by atomic mass is 9.66. The molecular weight excluding hydrogens is 184 g/mol. The maximum absolute atomic E-state index is 11.9. The highest BCUT2D eigenvalue weighted by atomic mass is 16.1. The normalized spacial score (nSPS) is 36.1. The van der Waals surface area contributed by atoms with E-state index in [1.807, 2.05) is 0 Å². The molecule has 0 saturated heterocycles. The summed E-state index contributed by atoms with van der Waals surface area (Å²) in [6.45, 7) is 0. The highest BCUT2D eigenvalue weighted by Gasteiger charge is 2.36. The average Bonchev–Trinajstić information content (AvgIpc) is 2.27. The Bertz CT molecular complexity index is 313. The van der Waals surface area contributed by atoms with Crippen LogP contribution >= 0.6 is 0 Å². The summed E-state index contributed by atoms with van der Waals surface area (Å²) < 4.78 is 0. The van der Waals surface area contributed by atoms with Gasteiger partial charge < -0.3 is 0 Å². The Morgan fingerprint density at radius 1 is 0.867 bits per heavy atom. The van der Waals surface area contributed by atoms with Crippen LogP contribution in [-0.4, -0.2) is 5.78 Å². The zero-order valence-electron chi connectivity index (χ0n) is 9.43. The quantitative estimate of drug-likeness (QED) is 0.551. The van der Waals surface area contributed by atoms with Crippen molar-refractivity contribution in [2.45, 2.75) is 57.8 Å². The maximum atomic E-state index is 11.9. The fourth-order valence-electron chi connectivity index (χ4n) is 3.82. The number of hydrogen-bond acceptors (Lipinski definition) is 1. The Balaban J connectivity index is 1.85. The Kier molecular flexibility index (Phi) is 2.42. The average molecular weight is 204 g/mol. The van der Waals surface area contributed by atoms with Gasteiger partial charge in [-0.15, -0.1) is 0 Å². The molecule has 0 aliphatic heterocycles. The van der Waals surface area contributed by atoms with Crippen LogP contribution in [-0.2, 0) is 4.79 Å². The summed E-state index contributed by atoms with van der Waals surface area (Å²) in [6.07, 6.45) is 11.1. The van der Waals surface area contributed by atoms with Crippen molar-refractivity contribution in [1.29, 1.82) is 0 Å². The van der Waals surface area contributed by atoms with Gasteiger partial charge in [0.1, 0.15) is 5.78 Å². The van der Waals surface area contributed by atoms with Crippen LogP contribution in [0.15, 0.2) is 11.1 Å². The second-order valence-corrected chi connectivity index (χ2v) is 5.55. The predicted molar refractivity (Wildman–Crippen MR) is 60.6 cm³/mol. The van der Waals surface area contributed by atoms with Crippen LogP contribution in [0.3, 0.4) is 0 Å². The lowest BCUT2D eigenvalue weighted by Crippen LogP contribution is -2.32. The first kappa shape index (κ1) is 9.62. The van der Waals surface area contributed by atoms with E-state index in [0.717, 1.165) is 25.2 Å². The van der Waals surface area contributed by atoms with Crippen molar-refractivity contribution < 1.29 is 4.79 Å². The van der Waals surface area contributed by atoms with Gasteiger partial charge >= 0.3 is 0 Å². The smallest absolute Gasteiger partial charge is 0.136 e. The third kappa shape index (κ3) is 1.66. The molecule has 3 rings (SSSR count). The van der Waals surface area contributed by atoms with Crippen LogP contribution in [0, 0.1) is 11.8 Å². The van der Waals surface area contributed by atoms with Gasteiger partial charge in [0, 0.05) is 12.3 Å². The lowest BCUT2D eigenvalue weighted by molar-refractivity contribution is -0.126. The van der Waals surface area contributed by atoms with Gasteiger partial charge in [-0.3, -0.25) is 4.79 Å². The Morgan fingerprint density at radius 2 is 1.60 bits per heavy atom. The molecule has 0 spiro atoms. The summed E-state index contributed by atoms with van der Waals surface area (Å²) in [5.74, 6) is 1.72. The molecule has 2 unspecified atom stereocenters. The minimum absolute atomic E-state index is 0.426. The van der Waals surface area contributed by atoms with E-state index < -0.39 is 0 Å². The van der Waals surface area contributed by atoms with Gasteiger partial charge in [-0.1, -0.05) is 11.1 Å². The Hall–Kier alpha value is -0.590. The van der Waals surface area contributed by atoms with E-state index in [1.165, 1.54) is 38.5 Å². The lowest BCUT2D eigenvalue weighted by Gasteiger charge is -2.38. The van der Waals surface area contributed by atoms with E-state index in [1.54, 1.807) is 11.1 Å². The summed E-state index contributed by atoms with van der Waals surface area (Å²) in [6, 6.07) is 0. The number of ketones is 1. The zero-order chi connectivity index (χ0) is 10.3. The molecule has 82 valence electrons. The van der Waals surface area contributed by atoms with Gasteiger partial charge in [0.05, 0.1) is 0 Å². The summed E-state index contributed by atoms with van der Waals surface area (Å²) >= 11 is 0. The van der Waals surface area contributed by atoms with E-state index in [9.17, 15) is 4.79 Å². The number of hydrogen-bond donors (Lipinski definition) is 0. The second kappa shape index (κ2) is 3.77. The number of allylic oxidation sites excluding steroid dienone is 2. The highest BCUT2D eigenvalue weighted by Crippen LogP contribution is 2.45. The molecule has 2 atom stereocenters. The van der Waals surface area contributed by atoms with Crippen molar-refractivity contribution in [3.63, 3.8) is 0 Å². The molecule has 1 fully saturated rings. The van der Waals surface area contributed by atoms with E-state index in [2.05, 4.69) is 0 Å². The molecule has 0 aromatic rings. The van der Waals surface area contributed by atoms with E-state index in [4.69, 9.17) is 0 Å². The molecule has 0 amide bonds. The van der Waals surface area contributed by atoms with Crippen LogP contribution < -0.4 is 0 Å². The van der Waals surface area contributed by atoms with Gasteiger partial charge in [-0.25, -0.2) is 0 Å². The number of carbonyl (C=O) groups is 1. The van der Waals surface area contributed by atoms with Crippen molar-refractivity contribution in [2.75, 3.05) is 0 Å². The molecule has 3 aliphatic rings.